The molecule has 0 bridgehead atoms. The third-order valence-electron chi connectivity index (χ3n) is 7.48. The minimum atomic E-state index is -0.139. The molecular weight excluding hydrogens is 272 g/mol. The summed E-state index contributed by atoms with van der Waals surface area (Å²) in [4.78, 5) is 11.8. The summed E-state index contributed by atoms with van der Waals surface area (Å²) in [5.41, 5.74) is 2.37. The molecule has 0 aromatic heterocycles. The number of carbonyl (C=O) groups excluding carboxylic acids is 1. The number of rotatable bonds is 0. The molecule has 2 nitrogen and oxygen atoms in total. The number of hydrogen-bond donors (Lipinski definition) is 1. The summed E-state index contributed by atoms with van der Waals surface area (Å²) in [6, 6.07) is 0. The summed E-state index contributed by atoms with van der Waals surface area (Å²) in [6.07, 6.45) is 10.9. The third-order valence-corrected chi connectivity index (χ3v) is 7.48. The smallest absolute Gasteiger partial charge is 0.178 e. The number of hydrogen-bond acceptors (Lipinski definition) is 2. The lowest BCUT2D eigenvalue weighted by Crippen LogP contribution is -2.50. The van der Waals surface area contributed by atoms with Gasteiger partial charge in [-0.25, -0.2) is 0 Å². The number of ketones is 1. The van der Waals surface area contributed by atoms with Crippen molar-refractivity contribution < 1.29 is 9.90 Å². The molecule has 3 saturated carbocycles. The predicted molar refractivity (Wildman–Crippen MR) is 87.1 cm³/mol. The van der Waals surface area contributed by atoms with Gasteiger partial charge in [-0.05, 0) is 73.0 Å². The number of aliphatic hydroxyl groups excluding tert-OH is 1. The van der Waals surface area contributed by atoms with Gasteiger partial charge < -0.3 is 5.11 Å². The maximum absolute atomic E-state index is 11.8. The highest BCUT2D eigenvalue weighted by Gasteiger charge is 2.58. The van der Waals surface area contributed by atoms with Crippen molar-refractivity contribution in [2.24, 2.45) is 28.6 Å². The Morgan fingerprint density at radius 2 is 2.00 bits per heavy atom. The minimum Gasteiger partial charge on any atom is -0.393 e. The van der Waals surface area contributed by atoms with Crippen molar-refractivity contribution in [1.29, 1.82) is 0 Å². The first-order chi connectivity index (χ1) is 10.4. The standard InChI is InChI=1S/C20H26O2/c1-12-10-14-15-4-5-18(22)20(15,3)9-7-16(14)19(2)8-6-13(21)11-17(12)19/h6,8,11,14-16,18,22H,1,4-5,7,9-10H2,2-3H3/t14-,15-,16-,18-,19?,20?/m0/s1. The van der Waals surface area contributed by atoms with Crippen molar-refractivity contribution in [3.63, 3.8) is 0 Å². The first-order valence-electron chi connectivity index (χ1n) is 8.68. The zero-order valence-corrected chi connectivity index (χ0v) is 13.6. The summed E-state index contributed by atoms with van der Waals surface area (Å²) in [7, 11) is 0. The van der Waals surface area contributed by atoms with Crippen molar-refractivity contribution in [2.45, 2.75) is 52.1 Å². The molecule has 0 aliphatic heterocycles. The molecule has 0 heterocycles. The molecule has 4 aliphatic rings. The molecule has 2 heteroatoms. The molecule has 118 valence electrons. The molecule has 4 rings (SSSR count). The Hall–Kier alpha value is -1.15. The molecule has 6 atom stereocenters. The monoisotopic (exact) mass is 298 g/mol. The van der Waals surface area contributed by atoms with Crippen LogP contribution in [-0.2, 0) is 4.79 Å². The molecule has 0 amide bonds. The molecule has 22 heavy (non-hydrogen) atoms. The highest BCUT2D eigenvalue weighted by atomic mass is 16.3. The molecule has 0 radical (unpaired) electrons. The van der Waals surface area contributed by atoms with Crippen LogP contribution in [0.25, 0.3) is 0 Å². The molecule has 4 aliphatic carbocycles. The number of fused-ring (bicyclic) bond motifs is 5. The van der Waals surface area contributed by atoms with Crippen molar-refractivity contribution in [3.8, 4) is 0 Å². The van der Waals surface area contributed by atoms with Gasteiger partial charge in [-0.2, -0.15) is 0 Å². The molecule has 1 N–H and O–H groups in total. The van der Waals surface area contributed by atoms with Gasteiger partial charge in [-0.3, -0.25) is 4.79 Å². The van der Waals surface area contributed by atoms with E-state index in [-0.39, 0.29) is 22.7 Å². The summed E-state index contributed by atoms with van der Waals surface area (Å²) in [5, 5.41) is 10.5. The van der Waals surface area contributed by atoms with Crippen LogP contribution in [0.4, 0.5) is 0 Å². The number of aliphatic hydroxyl groups is 1. The molecule has 0 aromatic carbocycles. The van der Waals surface area contributed by atoms with Crippen LogP contribution in [0, 0.1) is 28.6 Å². The van der Waals surface area contributed by atoms with E-state index in [9.17, 15) is 9.90 Å². The predicted octanol–water partition coefficient (Wildman–Crippen LogP) is 3.82. The Labute approximate surface area is 133 Å². The van der Waals surface area contributed by atoms with E-state index < -0.39 is 0 Å². The average Bonchev–Trinajstić information content (AvgIpc) is 2.77. The van der Waals surface area contributed by atoms with Crippen molar-refractivity contribution >= 4 is 5.78 Å². The van der Waals surface area contributed by atoms with E-state index in [0.29, 0.717) is 17.8 Å². The van der Waals surface area contributed by atoms with Crippen LogP contribution in [0.15, 0.2) is 36.0 Å². The first-order valence-corrected chi connectivity index (χ1v) is 8.68. The lowest BCUT2D eigenvalue weighted by Gasteiger charge is -2.57. The van der Waals surface area contributed by atoms with Gasteiger partial charge in [0, 0.05) is 5.41 Å². The van der Waals surface area contributed by atoms with E-state index in [2.05, 4.69) is 26.5 Å². The maximum Gasteiger partial charge on any atom is 0.178 e. The zero-order chi connectivity index (χ0) is 15.7. The molecule has 0 saturated heterocycles. The molecule has 3 fully saturated rings. The summed E-state index contributed by atoms with van der Waals surface area (Å²) in [5.74, 6) is 1.88. The van der Waals surface area contributed by atoms with Gasteiger partial charge in [0.05, 0.1) is 6.10 Å². The molecule has 2 unspecified atom stereocenters. The van der Waals surface area contributed by atoms with Gasteiger partial charge in [-0.15, -0.1) is 0 Å². The van der Waals surface area contributed by atoms with Gasteiger partial charge in [0.2, 0.25) is 0 Å². The second kappa shape index (κ2) is 4.44. The Balaban J connectivity index is 1.76. The fourth-order valence-corrected chi connectivity index (χ4v) is 6.18. The largest absolute Gasteiger partial charge is 0.393 e. The normalized spacial score (nSPS) is 50.2. The lowest BCUT2D eigenvalue weighted by molar-refractivity contribution is -0.111. The summed E-state index contributed by atoms with van der Waals surface area (Å²) in [6.45, 7) is 8.89. The van der Waals surface area contributed by atoms with E-state index in [0.717, 1.165) is 37.7 Å². The Morgan fingerprint density at radius 3 is 2.77 bits per heavy atom. The lowest BCUT2D eigenvalue weighted by atomic mass is 9.47. The van der Waals surface area contributed by atoms with E-state index in [1.54, 1.807) is 6.08 Å². The van der Waals surface area contributed by atoms with Gasteiger partial charge >= 0.3 is 0 Å². The molecule has 0 spiro atoms. The number of carbonyl (C=O) groups is 1. The molecule has 0 aromatic rings. The number of allylic oxidation sites excluding steroid dienone is 5. The second-order valence-corrected chi connectivity index (χ2v) is 8.40. The second-order valence-electron chi connectivity index (χ2n) is 8.40. The van der Waals surface area contributed by atoms with Crippen LogP contribution >= 0.6 is 0 Å². The van der Waals surface area contributed by atoms with Gasteiger partial charge in [-0.1, -0.05) is 32.1 Å². The van der Waals surface area contributed by atoms with E-state index in [4.69, 9.17) is 0 Å². The van der Waals surface area contributed by atoms with Crippen LogP contribution in [0.2, 0.25) is 0 Å². The van der Waals surface area contributed by atoms with Gasteiger partial charge in [0.1, 0.15) is 0 Å². The third kappa shape index (κ3) is 1.68. The van der Waals surface area contributed by atoms with Crippen LogP contribution in [0.5, 0.6) is 0 Å². The average molecular weight is 298 g/mol. The highest BCUT2D eigenvalue weighted by Crippen LogP contribution is 2.65. The molecular formula is C20H26O2. The summed E-state index contributed by atoms with van der Waals surface area (Å²) < 4.78 is 0. The van der Waals surface area contributed by atoms with Crippen LogP contribution in [0.1, 0.15) is 46.0 Å². The van der Waals surface area contributed by atoms with Crippen LogP contribution < -0.4 is 0 Å². The Bertz CT molecular complexity index is 613. The van der Waals surface area contributed by atoms with Crippen LogP contribution in [0.3, 0.4) is 0 Å². The highest BCUT2D eigenvalue weighted by molar-refractivity contribution is 6.01. The Kier molecular flexibility index (Phi) is 2.92. The first kappa shape index (κ1) is 14.4. The maximum atomic E-state index is 11.8. The van der Waals surface area contributed by atoms with Crippen LogP contribution in [-0.4, -0.2) is 17.0 Å². The van der Waals surface area contributed by atoms with Crippen molar-refractivity contribution in [3.05, 3.63) is 36.0 Å². The van der Waals surface area contributed by atoms with Crippen molar-refractivity contribution in [1.82, 2.24) is 0 Å². The topological polar surface area (TPSA) is 37.3 Å². The Morgan fingerprint density at radius 1 is 1.23 bits per heavy atom. The quantitative estimate of drug-likeness (QED) is 0.738. The van der Waals surface area contributed by atoms with E-state index in [1.165, 1.54) is 5.57 Å². The van der Waals surface area contributed by atoms with E-state index in [1.807, 2.05) is 6.08 Å². The van der Waals surface area contributed by atoms with Gasteiger partial charge in [0.15, 0.2) is 5.78 Å². The summed E-state index contributed by atoms with van der Waals surface area (Å²) >= 11 is 0. The minimum absolute atomic E-state index is 0.0389. The fraction of sp³-hybridized carbons (Fsp3) is 0.650. The van der Waals surface area contributed by atoms with Crippen molar-refractivity contribution in [2.75, 3.05) is 0 Å². The fourth-order valence-electron chi connectivity index (χ4n) is 6.18. The zero-order valence-electron chi connectivity index (χ0n) is 13.6. The SMILES string of the molecule is C=C1C[C@@H]2[C@H](CCC3(C)[C@@H](O)CC[C@@H]23)C2(C)C=CC(=O)C=C12. The van der Waals surface area contributed by atoms with Gasteiger partial charge in [0.25, 0.3) is 0 Å². The van der Waals surface area contributed by atoms with E-state index >= 15 is 0 Å².